The molecule has 1 aliphatic heterocycles. The molecule has 2 N–H and O–H groups in total. The van der Waals surface area contributed by atoms with Crippen molar-refractivity contribution in [3.63, 3.8) is 0 Å². The lowest BCUT2D eigenvalue weighted by molar-refractivity contribution is 0.0689. The van der Waals surface area contributed by atoms with Crippen molar-refractivity contribution < 1.29 is 5.11 Å². The van der Waals surface area contributed by atoms with Gasteiger partial charge in [0.2, 0.25) is 0 Å². The number of hydrogen-bond acceptors (Lipinski definition) is 5. The number of aliphatic hydroxyl groups is 1. The van der Waals surface area contributed by atoms with Crippen LogP contribution in [0.25, 0.3) is 10.9 Å². The van der Waals surface area contributed by atoms with Crippen LogP contribution in [0.1, 0.15) is 28.6 Å². The zero-order valence-electron chi connectivity index (χ0n) is 17.1. The van der Waals surface area contributed by atoms with Crippen molar-refractivity contribution in [1.82, 2.24) is 19.8 Å². The Morgan fingerprint density at radius 2 is 1.79 bits per heavy atom. The van der Waals surface area contributed by atoms with Gasteiger partial charge < -0.3 is 10.1 Å². The first-order valence-electron chi connectivity index (χ1n) is 10.2. The number of para-hydroxylation sites is 1. The summed E-state index contributed by atoms with van der Waals surface area (Å²) in [5.74, 6) is 0.706. The fourth-order valence-electron chi connectivity index (χ4n) is 4.01. The number of benzene rings is 2. The molecule has 2 aromatic carbocycles. The van der Waals surface area contributed by atoms with E-state index in [1.54, 1.807) is 6.07 Å². The second-order valence-electron chi connectivity index (χ2n) is 7.98. The minimum Gasteiger partial charge on any atom is -0.387 e. The molecule has 29 heavy (non-hydrogen) atoms. The summed E-state index contributed by atoms with van der Waals surface area (Å²) in [6.45, 7) is 8.93. The molecule has 0 saturated carbocycles. The predicted molar refractivity (Wildman–Crippen MR) is 115 cm³/mol. The van der Waals surface area contributed by atoms with Gasteiger partial charge in [0.25, 0.3) is 5.56 Å². The number of H-pyrrole nitrogens is 1. The van der Waals surface area contributed by atoms with Crippen molar-refractivity contribution in [2.75, 3.05) is 32.7 Å². The second kappa shape index (κ2) is 8.45. The number of hydrogen-bond donors (Lipinski definition) is 2. The zero-order valence-corrected chi connectivity index (χ0v) is 17.1. The zero-order chi connectivity index (χ0) is 20.4. The molecule has 0 amide bonds. The molecule has 1 aromatic heterocycles. The highest BCUT2D eigenvalue weighted by molar-refractivity contribution is 5.77. The van der Waals surface area contributed by atoms with Crippen LogP contribution in [0.3, 0.4) is 0 Å². The van der Waals surface area contributed by atoms with Gasteiger partial charge >= 0.3 is 0 Å². The average molecular weight is 393 g/mol. The fourth-order valence-corrected chi connectivity index (χ4v) is 4.01. The Balaban J connectivity index is 1.35. The van der Waals surface area contributed by atoms with E-state index < -0.39 is 6.10 Å². The molecule has 1 atom stereocenters. The maximum absolute atomic E-state index is 12.3. The number of nitrogens with zero attached hydrogens (tertiary/aromatic N) is 3. The summed E-state index contributed by atoms with van der Waals surface area (Å²) in [4.78, 5) is 24.4. The summed E-state index contributed by atoms with van der Waals surface area (Å²) in [5.41, 5.74) is 3.98. The van der Waals surface area contributed by atoms with E-state index in [1.807, 2.05) is 25.1 Å². The Hall–Kier alpha value is -2.54. The molecule has 1 saturated heterocycles. The van der Waals surface area contributed by atoms with E-state index in [-0.39, 0.29) is 5.56 Å². The predicted octanol–water partition coefficient (Wildman–Crippen LogP) is 2.39. The van der Waals surface area contributed by atoms with Crippen molar-refractivity contribution >= 4 is 10.9 Å². The SMILES string of the molecule is Cc1ccc(C)c([C@H](O)CN2CCN(Cc3nc4ccccc4c(=O)[nH]3)CC2)c1. The third-order valence-electron chi connectivity index (χ3n) is 5.73. The first-order chi connectivity index (χ1) is 14.0. The second-order valence-corrected chi connectivity index (χ2v) is 7.98. The first kappa shape index (κ1) is 19.8. The van der Waals surface area contributed by atoms with Crippen LogP contribution in [-0.2, 0) is 6.54 Å². The highest BCUT2D eigenvalue weighted by Gasteiger charge is 2.21. The Kier molecular flexibility index (Phi) is 5.76. The molecular weight excluding hydrogens is 364 g/mol. The van der Waals surface area contributed by atoms with E-state index in [1.165, 1.54) is 5.56 Å². The van der Waals surface area contributed by atoms with Crippen molar-refractivity contribution in [1.29, 1.82) is 0 Å². The number of piperazine rings is 1. The number of fused-ring (bicyclic) bond motifs is 1. The van der Waals surface area contributed by atoms with Gasteiger partial charge in [-0.05, 0) is 37.1 Å². The number of aryl methyl sites for hydroxylation is 2. The lowest BCUT2D eigenvalue weighted by Crippen LogP contribution is -2.47. The maximum atomic E-state index is 12.3. The van der Waals surface area contributed by atoms with Crippen molar-refractivity contribution in [3.8, 4) is 0 Å². The molecule has 1 fully saturated rings. The standard InChI is InChI=1S/C23H28N4O2/c1-16-7-8-17(2)19(13-16)21(28)14-26-9-11-27(12-10-26)15-22-24-20-6-4-3-5-18(20)23(29)25-22/h3-8,13,21,28H,9-12,14-15H2,1-2H3,(H,24,25,29)/t21-/m1/s1. The number of aliphatic hydroxyl groups excluding tert-OH is 1. The van der Waals surface area contributed by atoms with E-state index in [9.17, 15) is 9.90 Å². The van der Waals surface area contributed by atoms with Crippen LogP contribution < -0.4 is 5.56 Å². The molecule has 0 aliphatic carbocycles. The van der Waals surface area contributed by atoms with Crippen LogP contribution >= 0.6 is 0 Å². The van der Waals surface area contributed by atoms with E-state index >= 15 is 0 Å². The van der Waals surface area contributed by atoms with E-state index in [2.05, 4.69) is 44.9 Å². The molecule has 0 radical (unpaired) electrons. The summed E-state index contributed by atoms with van der Waals surface area (Å²) in [6.07, 6.45) is -0.472. The molecule has 6 heteroatoms. The van der Waals surface area contributed by atoms with E-state index in [0.717, 1.165) is 42.8 Å². The Labute approximate surface area is 170 Å². The van der Waals surface area contributed by atoms with Crippen molar-refractivity contribution in [3.05, 3.63) is 75.3 Å². The largest absolute Gasteiger partial charge is 0.387 e. The molecule has 2 heterocycles. The van der Waals surface area contributed by atoms with Gasteiger partial charge in [0.05, 0.1) is 23.6 Å². The smallest absolute Gasteiger partial charge is 0.258 e. The van der Waals surface area contributed by atoms with Crippen LogP contribution in [0.4, 0.5) is 0 Å². The summed E-state index contributed by atoms with van der Waals surface area (Å²) in [5, 5.41) is 11.3. The van der Waals surface area contributed by atoms with Gasteiger partial charge in [-0.15, -0.1) is 0 Å². The van der Waals surface area contributed by atoms with Crippen molar-refractivity contribution in [2.45, 2.75) is 26.5 Å². The minimum atomic E-state index is -0.472. The number of aromatic nitrogens is 2. The van der Waals surface area contributed by atoms with E-state index in [4.69, 9.17) is 0 Å². The number of β-amino-alcohol motifs (C(OH)–C–C–N with tert-alkyl or cyclic N) is 1. The van der Waals surface area contributed by atoms with Gasteiger partial charge in [0.1, 0.15) is 5.82 Å². The lowest BCUT2D eigenvalue weighted by Gasteiger charge is -2.35. The molecule has 6 nitrogen and oxygen atoms in total. The van der Waals surface area contributed by atoms with Crippen LogP contribution in [0, 0.1) is 13.8 Å². The third-order valence-corrected chi connectivity index (χ3v) is 5.73. The van der Waals surface area contributed by atoms with Crippen LogP contribution in [0.5, 0.6) is 0 Å². The molecule has 0 spiro atoms. The summed E-state index contributed by atoms with van der Waals surface area (Å²) < 4.78 is 0. The third kappa shape index (κ3) is 4.56. The minimum absolute atomic E-state index is 0.0825. The summed E-state index contributed by atoms with van der Waals surface area (Å²) >= 11 is 0. The summed E-state index contributed by atoms with van der Waals surface area (Å²) in [6, 6.07) is 13.7. The van der Waals surface area contributed by atoms with Gasteiger partial charge in [0.15, 0.2) is 0 Å². The molecule has 152 valence electrons. The normalized spacial score (nSPS) is 16.9. The average Bonchev–Trinajstić information content (AvgIpc) is 2.71. The monoisotopic (exact) mass is 392 g/mol. The Morgan fingerprint density at radius 3 is 2.59 bits per heavy atom. The lowest BCUT2D eigenvalue weighted by atomic mass is 10.0. The molecule has 0 bridgehead atoms. The van der Waals surface area contributed by atoms with Crippen molar-refractivity contribution in [2.24, 2.45) is 0 Å². The van der Waals surface area contributed by atoms with Crippen LogP contribution in [-0.4, -0.2) is 57.6 Å². The Bertz CT molecular complexity index is 1050. The molecular formula is C23H28N4O2. The topological polar surface area (TPSA) is 72.5 Å². The quantitative estimate of drug-likeness (QED) is 0.698. The van der Waals surface area contributed by atoms with Crippen LogP contribution in [0.15, 0.2) is 47.3 Å². The number of nitrogens with one attached hydrogen (secondary N) is 1. The molecule has 3 aromatic rings. The molecule has 1 aliphatic rings. The first-order valence-corrected chi connectivity index (χ1v) is 10.2. The number of aromatic amines is 1. The Morgan fingerprint density at radius 1 is 1.07 bits per heavy atom. The van der Waals surface area contributed by atoms with Gasteiger partial charge in [-0.3, -0.25) is 14.6 Å². The molecule has 4 rings (SSSR count). The highest BCUT2D eigenvalue weighted by Crippen LogP contribution is 2.21. The molecule has 0 unspecified atom stereocenters. The highest BCUT2D eigenvalue weighted by atomic mass is 16.3. The fraction of sp³-hybridized carbons (Fsp3) is 0.391. The number of rotatable bonds is 5. The van der Waals surface area contributed by atoms with Gasteiger partial charge in [-0.2, -0.15) is 0 Å². The van der Waals surface area contributed by atoms with Gasteiger partial charge in [0, 0.05) is 32.7 Å². The maximum Gasteiger partial charge on any atom is 0.258 e. The van der Waals surface area contributed by atoms with E-state index in [0.29, 0.717) is 24.3 Å². The van der Waals surface area contributed by atoms with Crippen LogP contribution in [0.2, 0.25) is 0 Å². The van der Waals surface area contributed by atoms with Gasteiger partial charge in [-0.1, -0.05) is 35.9 Å². The summed E-state index contributed by atoms with van der Waals surface area (Å²) in [7, 11) is 0. The van der Waals surface area contributed by atoms with Gasteiger partial charge in [-0.25, -0.2) is 4.98 Å².